The highest BCUT2D eigenvalue weighted by molar-refractivity contribution is 7.89. The lowest BCUT2D eigenvalue weighted by Gasteiger charge is -2.44. The molecule has 4 atom stereocenters. The second kappa shape index (κ2) is 13.0. The average molecular weight is 632 g/mol. The van der Waals surface area contributed by atoms with Crippen molar-refractivity contribution >= 4 is 33.1 Å². The van der Waals surface area contributed by atoms with Gasteiger partial charge >= 0.3 is 12.2 Å². The Hall–Kier alpha value is -3.83. The minimum Gasteiger partial charge on any atom is -0.447 e. The van der Waals surface area contributed by atoms with Gasteiger partial charge in [0.05, 0.1) is 18.8 Å². The molecule has 3 aliphatic rings. The number of nitrogens with one attached hydrogen (secondary N) is 1. The van der Waals surface area contributed by atoms with Crippen molar-refractivity contribution in [3.05, 3.63) is 42.6 Å². The number of carbonyl (C=O) groups excluding carboxylic acids is 2. The van der Waals surface area contributed by atoms with Gasteiger partial charge in [0, 0.05) is 38.8 Å². The Morgan fingerprint density at radius 3 is 2.70 bits per heavy atom. The number of benzene rings is 1. The van der Waals surface area contributed by atoms with E-state index in [1.807, 2.05) is 6.07 Å². The molecule has 0 aliphatic carbocycles. The summed E-state index contributed by atoms with van der Waals surface area (Å²) in [6.07, 6.45) is 3.04. The maximum absolute atomic E-state index is 14.0. The molecule has 6 rings (SSSR count). The highest BCUT2D eigenvalue weighted by Crippen LogP contribution is 2.38. The second-order valence-electron chi connectivity index (χ2n) is 10.6. The molecule has 5 heterocycles. The number of hydrogen-bond acceptors (Lipinski definition) is 12. The molecule has 44 heavy (non-hydrogen) atoms. The molecule has 1 aromatic carbocycles. The van der Waals surface area contributed by atoms with Gasteiger partial charge in [-0.15, -0.1) is 0 Å². The van der Waals surface area contributed by atoms with E-state index in [0.717, 1.165) is 23.3 Å². The molecule has 0 spiro atoms. The van der Waals surface area contributed by atoms with Crippen LogP contribution in [0.2, 0.25) is 0 Å². The number of sulfonamides is 1. The normalized spacial score (nSPS) is 23.9. The average Bonchev–Trinajstić information content (AvgIpc) is 3.58. The minimum atomic E-state index is -4.28. The lowest BCUT2D eigenvalue weighted by molar-refractivity contribution is -0.203. The maximum Gasteiger partial charge on any atom is 0.410 e. The molecular formula is C28H33N5O10S. The van der Waals surface area contributed by atoms with Gasteiger partial charge in [-0.2, -0.15) is 9.29 Å². The monoisotopic (exact) mass is 631 g/mol. The zero-order valence-corrected chi connectivity index (χ0v) is 24.8. The van der Waals surface area contributed by atoms with Crippen molar-refractivity contribution in [2.45, 2.75) is 61.4 Å². The van der Waals surface area contributed by atoms with Crippen LogP contribution in [0.4, 0.5) is 4.79 Å². The summed E-state index contributed by atoms with van der Waals surface area (Å²) in [6, 6.07) is 7.24. The van der Waals surface area contributed by atoms with Crippen LogP contribution in [-0.2, 0) is 33.9 Å². The Morgan fingerprint density at radius 2 is 1.95 bits per heavy atom. The molecule has 16 heteroatoms. The molecule has 2 bridgehead atoms. The summed E-state index contributed by atoms with van der Waals surface area (Å²) in [4.78, 5) is 41.8. The van der Waals surface area contributed by atoms with Crippen LogP contribution in [0.3, 0.4) is 0 Å². The van der Waals surface area contributed by atoms with Gasteiger partial charge in [-0.3, -0.25) is 9.69 Å². The van der Waals surface area contributed by atoms with Crippen LogP contribution >= 0.6 is 0 Å². The molecule has 2 aromatic heterocycles. The smallest absolute Gasteiger partial charge is 0.410 e. The number of amides is 2. The predicted molar refractivity (Wildman–Crippen MR) is 151 cm³/mol. The number of para-hydroxylation sites is 2. The van der Waals surface area contributed by atoms with Crippen molar-refractivity contribution < 1.29 is 46.2 Å². The molecule has 236 valence electrons. The Balaban J connectivity index is 1.22. The van der Waals surface area contributed by atoms with Crippen molar-refractivity contribution in [3.8, 4) is 12.0 Å². The van der Waals surface area contributed by atoms with Crippen molar-refractivity contribution in [1.29, 1.82) is 0 Å². The van der Waals surface area contributed by atoms with Crippen molar-refractivity contribution in [2.75, 3.05) is 33.5 Å². The van der Waals surface area contributed by atoms with E-state index in [9.17, 15) is 18.0 Å². The third-order valence-corrected chi connectivity index (χ3v) is 9.65. The SMILES string of the molecule is COCCOC(=O)N1C2CC[C@@H]1CN(S(=O)(=O)c1ccc(Oc3nc4ccccc4o3)nc1)[C@H]2C(=O)NOC1CCCCO1. The first-order valence-electron chi connectivity index (χ1n) is 14.4. The first-order chi connectivity index (χ1) is 21.3. The van der Waals surface area contributed by atoms with Gasteiger partial charge in [0.1, 0.15) is 23.1 Å². The van der Waals surface area contributed by atoms with E-state index < -0.39 is 46.4 Å². The molecule has 15 nitrogen and oxygen atoms in total. The fourth-order valence-corrected chi connectivity index (χ4v) is 7.33. The molecular weight excluding hydrogens is 598 g/mol. The third kappa shape index (κ3) is 6.21. The lowest BCUT2D eigenvalue weighted by atomic mass is 10.1. The standard InChI is InChI=1S/C28H33N5O10S/c1-38-14-15-40-28(35)33-18-9-11-21(33)25(26(34)31-43-24-8-4-5-13-39-24)32(17-18)44(36,37)19-10-12-23(29-16-19)42-27-30-20-6-2-3-7-22(20)41-27/h2-3,6-7,10,12,16,18,21,24-25H,4-5,8-9,11,13-15,17H2,1H3,(H,31,34)/t18-,21?,24?,25-/m1/s1. The second-order valence-corrected chi connectivity index (χ2v) is 12.5. The number of hydroxylamine groups is 1. The van der Waals surface area contributed by atoms with E-state index >= 15 is 0 Å². The number of fused-ring (bicyclic) bond motifs is 3. The molecule has 3 aromatic rings. The Bertz CT molecular complexity index is 1540. The molecule has 2 unspecified atom stereocenters. The third-order valence-electron chi connectivity index (χ3n) is 7.82. The number of ether oxygens (including phenoxy) is 4. The number of nitrogens with zero attached hydrogens (tertiary/aromatic N) is 4. The number of rotatable bonds is 10. The minimum absolute atomic E-state index is 0.0237. The zero-order chi connectivity index (χ0) is 30.7. The highest BCUT2D eigenvalue weighted by Gasteiger charge is 2.55. The van der Waals surface area contributed by atoms with E-state index in [1.54, 1.807) is 18.2 Å². The summed E-state index contributed by atoms with van der Waals surface area (Å²) in [5, 5.41) is 0. The molecule has 3 aliphatic heterocycles. The van der Waals surface area contributed by atoms with Crippen LogP contribution in [-0.4, -0.2) is 97.5 Å². The molecule has 0 radical (unpaired) electrons. The quantitative estimate of drug-likeness (QED) is 0.256. The number of oxazole rings is 1. The van der Waals surface area contributed by atoms with Crippen LogP contribution in [0.5, 0.6) is 12.0 Å². The predicted octanol–water partition coefficient (Wildman–Crippen LogP) is 2.58. The maximum atomic E-state index is 14.0. The fraction of sp³-hybridized carbons (Fsp3) is 0.500. The summed E-state index contributed by atoms with van der Waals surface area (Å²) < 4.78 is 56.1. The Labute approximate surface area is 253 Å². The fourth-order valence-electron chi connectivity index (χ4n) is 5.73. The first kappa shape index (κ1) is 30.2. The van der Waals surface area contributed by atoms with Crippen LogP contribution in [0.15, 0.2) is 51.9 Å². The van der Waals surface area contributed by atoms with Crippen LogP contribution in [0, 0.1) is 0 Å². The van der Waals surface area contributed by atoms with E-state index in [1.165, 1.54) is 24.1 Å². The molecule has 2 amide bonds. The van der Waals surface area contributed by atoms with Gasteiger partial charge in [-0.05, 0) is 43.9 Å². The van der Waals surface area contributed by atoms with Crippen LogP contribution in [0.25, 0.3) is 11.1 Å². The highest BCUT2D eigenvalue weighted by atomic mass is 32.2. The van der Waals surface area contributed by atoms with Crippen LogP contribution in [0.1, 0.15) is 32.1 Å². The number of carbonyl (C=O) groups is 2. The Morgan fingerprint density at radius 1 is 1.09 bits per heavy atom. The van der Waals surface area contributed by atoms with Crippen molar-refractivity contribution in [2.24, 2.45) is 0 Å². The summed E-state index contributed by atoms with van der Waals surface area (Å²) >= 11 is 0. The van der Waals surface area contributed by atoms with Gasteiger partial charge in [0.2, 0.25) is 15.9 Å². The first-order valence-corrected chi connectivity index (χ1v) is 15.8. The van der Waals surface area contributed by atoms with E-state index in [2.05, 4.69) is 15.4 Å². The number of piperazine rings is 1. The van der Waals surface area contributed by atoms with E-state index in [-0.39, 0.29) is 36.6 Å². The summed E-state index contributed by atoms with van der Waals surface area (Å²) in [5.41, 5.74) is 3.52. The zero-order valence-electron chi connectivity index (χ0n) is 24.0. The number of aromatic nitrogens is 2. The Kier molecular flexibility index (Phi) is 8.95. The van der Waals surface area contributed by atoms with Gasteiger partial charge in [-0.25, -0.2) is 28.5 Å². The summed E-state index contributed by atoms with van der Waals surface area (Å²) in [6.45, 7) is 0.593. The topological polar surface area (TPSA) is 172 Å². The molecule has 3 fully saturated rings. The number of methoxy groups -OCH3 is 1. The van der Waals surface area contributed by atoms with Crippen LogP contribution < -0.4 is 10.2 Å². The molecule has 0 saturated carbocycles. The van der Waals surface area contributed by atoms with Gasteiger partial charge in [-0.1, -0.05) is 12.1 Å². The van der Waals surface area contributed by atoms with Crippen molar-refractivity contribution in [1.82, 2.24) is 24.7 Å². The largest absolute Gasteiger partial charge is 0.447 e. The van der Waals surface area contributed by atoms with Gasteiger partial charge in [0.25, 0.3) is 5.91 Å². The molecule has 3 saturated heterocycles. The van der Waals surface area contributed by atoms with E-state index in [0.29, 0.717) is 37.0 Å². The lowest BCUT2D eigenvalue weighted by Crippen LogP contribution is -2.66. The number of hydrogen-bond donors (Lipinski definition) is 1. The van der Waals surface area contributed by atoms with Gasteiger partial charge < -0.3 is 23.4 Å². The summed E-state index contributed by atoms with van der Waals surface area (Å²) in [7, 11) is -2.79. The van der Waals surface area contributed by atoms with Crippen molar-refractivity contribution in [3.63, 3.8) is 0 Å². The summed E-state index contributed by atoms with van der Waals surface area (Å²) in [5.74, 6) is -0.652. The van der Waals surface area contributed by atoms with Gasteiger partial charge in [0.15, 0.2) is 11.9 Å². The molecule has 1 N–H and O–H groups in total. The number of pyridine rings is 1. The van der Waals surface area contributed by atoms with E-state index in [4.69, 9.17) is 28.2 Å².